The van der Waals surface area contributed by atoms with Crippen molar-refractivity contribution in [1.82, 2.24) is 9.88 Å². The van der Waals surface area contributed by atoms with E-state index in [4.69, 9.17) is 14.2 Å². The Morgan fingerprint density at radius 1 is 1.28 bits per heavy atom. The van der Waals surface area contributed by atoms with Gasteiger partial charge in [-0.2, -0.15) is 0 Å². The summed E-state index contributed by atoms with van der Waals surface area (Å²) < 4.78 is 16.7. The summed E-state index contributed by atoms with van der Waals surface area (Å²) >= 11 is 0. The molecule has 2 fully saturated rings. The molecule has 0 saturated carbocycles. The second-order valence-electron chi connectivity index (χ2n) is 6.95. The summed E-state index contributed by atoms with van der Waals surface area (Å²) in [4.78, 5) is 6.70. The second kappa shape index (κ2) is 9.90. The normalized spacial score (nSPS) is 22.7. The third kappa shape index (κ3) is 6.10. The minimum absolute atomic E-state index is 0.440. The fraction of sp³-hybridized carbons (Fsp3) is 0.650. The van der Waals surface area contributed by atoms with Gasteiger partial charge in [0.2, 0.25) is 0 Å². The first kappa shape index (κ1) is 18.4. The minimum Gasteiger partial charge on any atom is -0.495 e. The van der Waals surface area contributed by atoms with Gasteiger partial charge < -0.3 is 19.1 Å². The van der Waals surface area contributed by atoms with Gasteiger partial charge in [-0.1, -0.05) is 12.2 Å². The van der Waals surface area contributed by atoms with Gasteiger partial charge in [-0.05, 0) is 37.3 Å². The van der Waals surface area contributed by atoms with Crippen LogP contribution in [0.5, 0.6) is 5.75 Å². The van der Waals surface area contributed by atoms with Gasteiger partial charge in [-0.15, -0.1) is 0 Å². The van der Waals surface area contributed by atoms with Crippen LogP contribution in [-0.2, 0) is 9.47 Å². The zero-order chi connectivity index (χ0) is 17.3. The van der Waals surface area contributed by atoms with E-state index in [2.05, 4.69) is 22.0 Å². The van der Waals surface area contributed by atoms with Gasteiger partial charge in [-0.25, -0.2) is 0 Å². The van der Waals surface area contributed by atoms with Crippen molar-refractivity contribution in [2.75, 3.05) is 46.6 Å². The number of aromatic nitrogens is 1. The summed E-state index contributed by atoms with van der Waals surface area (Å²) in [6.45, 7) is 6.06. The molecule has 0 amide bonds. The van der Waals surface area contributed by atoms with Gasteiger partial charge in [0.1, 0.15) is 5.75 Å². The molecule has 1 aromatic heterocycles. The van der Waals surface area contributed by atoms with Crippen LogP contribution in [0.15, 0.2) is 24.5 Å². The van der Waals surface area contributed by atoms with Crippen molar-refractivity contribution in [3.8, 4) is 5.75 Å². The number of ether oxygens (including phenoxy) is 3. The summed E-state index contributed by atoms with van der Waals surface area (Å²) in [6.07, 6.45) is 12.9. The Hall–Kier alpha value is -1.43. The van der Waals surface area contributed by atoms with Crippen LogP contribution in [-0.4, -0.2) is 62.6 Å². The molecular weight excluding hydrogens is 316 g/mol. The zero-order valence-corrected chi connectivity index (χ0v) is 15.2. The molecule has 2 aliphatic heterocycles. The average molecular weight is 346 g/mol. The first-order valence-electron chi connectivity index (χ1n) is 9.41. The van der Waals surface area contributed by atoms with Crippen LogP contribution in [0.1, 0.15) is 31.2 Å². The van der Waals surface area contributed by atoms with Gasteiger partial charge in [0.25, 0.3) is 0 Å². The molecule has 0 radical (unpaired) electrons. The lowest BCUT2D eigenvalue weighted by atomic mass is 10.1. The Bertz CT molecular complexity index is 535. The highest BCUT2D eigenvalue weighted by atomic mass is 16.5. The lowest BCUT2D eigenvalue weighted by Gasteiger charge is -2.32. The largest absolute Gasteiger partial charge is 0.495 e. The van der Waals surface area contributed by atoms with Gasteiger partial charge >= 0.3 is 0 Å². The van der Waals surface area contributed by atoms with Crippen molar-refractivity contribution >= 4 is 6.08 Å². The highest BCUT2D eigenvalue weighted by Crippen LogP contribution is 2.18. The number of nitrogens with zero attached hydrogens (tertiary/aromatic N) is 2. The predicted molar refractivity (Wildman–Crippen MR) is 98.8 cm³/mol. The van der Waals surface area contributed by atoms with E-state index in [0.717, 1.165) is 76.5 Å². The molecule has 0 aromatic carbocycles. The third-order valence-corrected chi connectivity index (χ3v) is 5.02. The quantitative estimate of drug-likeness (QED) is 0.724. The summed E-state index contributed by atoms with van der Waals surface area (Å²) in [5, 5.41) is 0. The van der Waals surface area contributed by atoms with Crippen molar-refractivity contribution in [2.45, 2.75) is 31.8 Å². The molecule has 2 saturated heterocycles. The molecule has 138 valence electrons. The molecular formula is C20H30N2O3. The van der Waals surface area contributed by atoms with E-state index in [9.17, 15) is 0 Å². The van der Waals surface area contributed by atoms with E-state index < -0.39 is 0 Å². The van der Waals surface area contributed by atoms with Gasteiger partial charge in [0, 0.05) is 38.4 Å². The van der Waals surface area contributed by atoms with Crippen molar-refractivity contribution in [3.63, 3.8) is 0 Å². The van der Waals surface area contributed by atoms with E-state index in [0.29, 0.717) is 12.0 Å². The number of hydrogen-bond donors (Lipinski definition) is 0. The lowest BCUT2D eigenvalue weighted by molar-refractivity contribution is -0.0100. The molecule has 2 aliphatic rings. The molecule has 1 atom stereocenters. The second-order valence-corrected chi connectivity index (χ2v) is 6.95. The Morgan fingerprint density at radius 2 is 2.16 bits per heavy atom. The van der Waals surface area contributed by atoms with E-state index in [-0.39, 0.29) is 0 Å². The van der Waals surface area contributed by atoms with Crippen LogP contribution in [0.25, 0.3) is 6.08 Å². The van der Waals surface area contributed by atoms with Gasteiger partial charge in [-0.3, -0.25) is 4.98 Å². The number of rotatable bonds is 8. The lowest BCUT2D eigenvalue weighted by Crippen LogP contribution is -2.38. The van der Waals surface area contributed by atoms with Crippen molar-refractivity contribution in [3.05, 3.63) is 30.1 Å². The minimum atomic E-state index is 0.440. The Morgan fingerprint density at radius 3 is 2.92 bits per heavy atom. The number of piperidine rings is 1. The molecule has 5 heteroatoms. The van der Waals surface area contributed by atoms with E-state index in [1.807, 2.05) is 12.3 Å². The fourth-order valence-corrected chi connectivity index (χ4v) is 3.40. The zero-order valence-electron chi connectivity index (χ0n) is 15.2. The first-order chi connectivity index (χ1) is 12.3. The molecule has 0 bridgehead atoms. The summed E-state index contributed by atoms with van der Waals surface area (Å²) in [5.41, 5.74) is 1.09. The van der Waals surface area contributed by atoms with E-state index >= 15 is 0 Å². The van der Waals surface area contributed by atoms with Crippen LogP contribution < -0.4 is 4.74 Å². The van der Waals surface area contributed by atoms with Crippen LogP contribution in [0.3, 0.4) is 0 Å². The topological polar surface area (TPSA) is 43.8 Å². The summed E-state index contributed by atoms with van der Waals surface area (Å²) in [6, 6.07) is 2.00. The van der Waals surface area contributed by atoms with E-state index in [1.165, 1.54) is 0 Å². The van der Waals surface area contributed by atoms with Crippen molar-refractivity contribution in [1.29, 1.82) is 0 Å². The Balaban J connectivity index is 1.30. The highest BCUT2D eigenvalue weighted by molar-refractivity contribution is 5.49. The maximum Gasteiger partial charge on any atom is 0.137 e. The number of likely N-dealkylation sites (tertiary alicyclic amines) is 1. The van der Waals surface area contributed by atoms with Crippen LogP contribution in [0.4, 0.5) is 0 Å². The highest BCUT2D eigenvalue weighted by Gasteiger charge is 2.22. The average Bonchev–Trinajstić information content (AvgIpc) is 3.18. The van der Waals surface area contributed by atoms with Gasteiger partial charge in [0.05, 0.1) is 32.6 Å². The van der Waals surface area contributed by atoms with Crippen molar-refractivity contribution < 1.29 is 14.2 Å². The number of hydrogen-bond acceptors (Lipinski definition) is 5. The molecule has 5 nitrogen and oxygen atoms in total. The van der Waals surface area contributed by atoms with Crippen LogP contribution in [0, 0.1) is 5.92 Å². The molecule has 25 heavy (non-hydrogen) atoms. The standard InChI is InChI=1S/C20H30N2O3/c1-23-20-12-17(13-21-14-20)4-2-3-8-22-9-5-19(6-10-22)25-16-18-7-11-24-15-18/h2,4,12-14,18-19H,3,5-11,15-16H2,1H3/b4-2+. The predicted octanol–water partition coefficient (Wildman–Crippen LogP) is 3.01. The van der Waals surface area contributed by atoms with Crippen LogP contribution in [0.2, 0.25) is 0 Å². The molecule has 3 rings (SSSR count). The Labute approximate surface area is 151 Å². The maximum absolute atomic E-state index is 6.08. The van der Waals surface area contributed by atoms with Crippen molar-refractivity contribution in [2.24, 2.45) is 5.92 Å². The van der Waals surface area contributed by atoms with Gasteiger partial charge in [0.15, 0.2) is 0 Å². The monoisotopic (exact) mass is 346 g/mol. The smallest absolute Gasteiger partial charge is 0.137 e. The number of pyridine rings is 1. The SMILES string of the molecule is COc1cncc(/C=C/CCN2CCC(OCC3CCOC3)CC2)c1. The molecule has 0 aliphatic carbocycles. The first-order valence-corrected chi connectivity index (χ1v) is 9.41. The fourth-order valence-electron chi connectivity index (χ4n) is 3.40. The molecule has 0 spiro atoms. The number of methoxy groups -OCH3 is 1. The molecule has 1 aromatic rings. The molecule has 3 heterocycles. The Kier molecular flexibility index (Phi) is 7.27. The van der Waals surface area contributed by atoms with E-state index in [1.54, 1.807) is 13.3 Å². The molecule has 0 N–H and O–H groups in total. The summed E-state index contributed by atoms with van der Waals surface area (Å²) in [5.74, 6) is 1.42. The third-order valence-electron chi connectivity index (χ3n) is 5.02. The molecule has 1 unspecified atom stereocenters. The maximum atomic E-state index is 6.08. The van der Waals surface area contributed by atoms with Crippen LogP contribution >= 0.6 is 0 Å². The summed E-state index contributed by atoms with van der Waals surface area (Å²) in [7, 11) is 1.67.